The third-order valence-electron chi connectivity index (χ3n) is 11.5. The largest absolute Gasteiger partial charge is 0.496 e. The molecule has 0 aromatic heterocycles. The summed E-state index contributed by atoms with van der Waals surface area (Å²) in [6.45, 7) is 0.188. The van der Waals surface area contributed by atoms with E-state index in [1.54, 1.807) is 25.2 Å². The smallest absolute Gasteiger partial charge is 0.309 e. The number of allylic oxidation sites excluding steroid dienone is 5. The van der Waals surface area contributed by atoms with Crippen molar-refractivity contribution in [2.24, 2.45) is 39.6 Å². The number of carbonyl (C=O) groups is 2. The Hall–Kier alpha value is -3.81. The second-order valence-electron chi connectivity index (χ2n) is 14.0. The normalized spacial score (nSPS) is 33.1. The summed E-state index contributed by atoms with van der Waals surface area (Å²) < 4.78 is 42.0. The Bertz CT molecular complexity index is 1760. The van der Waals surface area contributed by atoms with E-state index in [4.69, 9.17) is 15.2 Å². The number of carboxylic acids is 1. The van der Waals surface area contributed by atoms with Gasteiger partial charge in [-0.3, -0.25) is 9.59 Å². The zero-order valence-electron chi connectivity index (χ0n) is 27.3. The quantitative estimate of drug-likeness (QED) is 0.317. The van der Waals surface area contributed by atoms with Crippen molar-refractivity contribution in [2.45, 2.75) is 61.9 Å². The maximum Gasteiger partial charge on any atom is 0.309 e. The number of amides is 1. The van der Waals surface area contributed by atoms with Crippen molar-refractivity contribution in [3.05, 3.63) is 71.1 Å². The number of sulfonamides is 1. The van der Waals surface area contributed by atoms with E-state index in [-0.39, 0.29) is 48.7 Å². The van der Waals surface area contributed by atoms with E-state index < -0.39 is 44.8 Å². The standard InChI is InChI=1S/C35H43N5O7S/c1-46-27-11-6-12-28(47-2)30(27)34-18-21-17-24(31(34)39-48(44,45)16-14-36)29(33(42)43)35(19-21,20-34)40(32(41)25-13-15-37-38-25)26-10-5-8-22-7-3-4-9-23(22)26/h5-8,10-13,21,23-24,29,31,39H,3-4,9,14-20,36H2,1-2H3,(H,42,43). The number of ether oxygens (including phenoxy) is 2. The van der Waals surface area contributed by atoms with E-state index in [2.05, 4.69) is 27.1 Å². The predicted molar refractivity (Wildman–Crippen MR) is 178 cm³/mol. The van der Waals surface area contributed by atoms with Crippen molar-refractivity contribution < 1.29 is 32.6 Å². The van der Waals surface area contributed by atoms with Gasteiger partial charge < -0.3 is 25.2 Å². The summed E-state index contributed by atoms with van der Waals surface area (Å²) in [6.07, 6.45) is 14.2. The molecule has 0 spiro atoms. The lowest BCUT2D eigenvalue weighted by atomic mass is 9.39. The second-order valence-corrected chi connectivity index (χ2v) is 15.8. The van der Waals surface area contributed by atoms with Crippen LogP contribution in [0.1, 0.15) is 50.5 Å². The fraction of sp³-hybridized carbons (Fsp3) is 0.543. The first kappa shape index (κ1) is 32.7. The van der Waals surface area contributed by atoms with Crippen LogP contribution in [0.2, 0.25) is 0 Å². The van der Waals surface area contributed by atoms with Gasteiger partial charge in [0.25, 0.3) is 5.91 Å². The van der Waals surface area contributed by atoms with Gasteiger partial charge in [0, 0.05) is 35.2 Å². The van der Waals surface area contributed by atoms with Crippen LogP contribution >= 0.6 is 0 Å². The first-order valence-electron chi connectivity index (χ1n) is 16.7. The number of hydrogen-bond donors (Lipinski definition) is 3. The van der Waals surface area contributed by atoms with Crippen molar-refractivity contribution in [1.29, 1.82) is 0 Å². The summed E-state index contributed by atoms with van der Waals surface area (Å²) >= 11 is 0. The number of azo groups is 1. The van der Waals surface area contributed by atoms with Gasteiger partial charge in [-0.2, -0.15) is 10.2 Å². The van der Waals surface area contributed by atoms with Gasteiger partial charge in [-0.15, -0.1) is 0 Å². The summed E-state index contributed by atoms with van der Waals surface area (Å²) in [6, 6.07) is 4.64. The molecule has 4 fully saturated rings. The molecule has 0 saturated heterocycles. The van der Waals surface area contributed by atoms with E-state index in [1.165, 1.54) is 0 Å². The molecule has 6 aliphatic carbocycles. The molecular weight excluding hydrogens is 634 g/mol. The van der Waals surface area contributed by atoms with E-state index in [9.17, 15) is 23.1 Å². The minimum absolute atomic E-state index is 0.0141. The van der Waals surface area contributed by atoms with Crippen LogP contribution in [0.4, 0.5) is 0 Å². The lowest BCUT2D eigenvalue weighted by Crippen LogP contribution is -2.78. The van der Waals surface area contributed by atoms with Crippen LogP contribution in [0.3, 0.4) is 0 Å². The van der Waals surface area contributed by atoms with E-state index in [0.29, 0.717) is 36.3 Å². The number of fused-ring (bicyclic) bond motifs is 1. The predicted octanol–water partition coefficient (Wildman–Crippen LogP) is 3.82. The number of nitrogens with zero attached hydrogens (tertiary/aromatic N) is 3. The van der Waals surface area contributed by atoms with Gasteiger partial charge in [0.1, 0.15) is 17.2 Å². The van der Waals surface area contributed by atoms with E-state index in [0.717, 1.165) is 30.5 Å². The molecule has 7 aliphatic rings. The zero-order chi connectivity index (χ0) is 33.8. The SMILES string of the molecule is COc1cccc(OC)c1C12CC3CC(C1NS(=O)(=O)CCN)C(C(=O)O)C(N(C(=O)C1=CCN=N1)C1=CC=CC4=CCCCC41)(C3)C2. The number of hydrogen-bond acceptors (Lipinski definition) is 9. The molecule has 256 valence electrons. The molecule has 1 heterocycles. The lowest BCUT2D eigenvalue weighted by molar-refractivity contribution is -0.186. The van der Waals surface area contributed by atoms with Crippen LogP contribution in [-0.4, -0.2) is 74.9 Å². The molecule has 12 nitrogen and oxygen atoms in total. The Kier molecular flexibility index (Phi) is 8.36. The van der Waals surface area contributed by atoms with Crippen LogP contribution in [-0.2, 0) is 25.0 Å². The van der Waals surface area contributed by atoms with Crippen LogP contribution in [0.25, 0.3) is 0 Å². The minimum Gasteiger partial charge on any atom is -0.496 e. The molecule has 48 heavy (non-hydrogen) atoms. The number of methoxy groups -OCH3 is 2. The van der Waals surface area contributed by atoms with Crippen molar-refractivity contribution in [3.63, 3.8) is 0 Å². The molecule has 13 heteroatoms. The molecule has 4 N–H and O–H groups in total. The Balaban J connectivity index is 1.50. The van der Waals surface area contributed by atoms with Crippen LogP contribution in [0, 0.1) is 23.7 Å². The monoisotopic (exact) mass is 677 g/mol. The lowest BCUT2D eigenvalue weighted by Gasteiger charge is -2.70. The zero-order valence-corrected chi connectivity index (χ0v) is 28.1. The molecule has 1 aliphatic heterocycles. The van der Waals surface area contributed by atoms with Crippen molar-refractivity contribution in [2.75, 3.05) is 33.1 Å². The van der Waals surface area contributed by atoms with Crippen molar-refractivity contribution >= 4 is 21.9 Å². The third kappa shape index (κ3) is 5.04. The molecule has 8 rings (SSSR count). The van der Waals surface area contributed by atoms with Gasteiger partial charge in [-0.05, 0) is 86.6 Å². The molecule has 7 atom stereocenters. The highest BCUT2D eigenvalue weighted by molar-refractivity contribution is 7.89. The fourth-order valence-electron chi connectivity index (χ4n) is 10.2. The average molecular weight is 678 g/mol. The summed E-state index contributed by atoms with van der Waals surface area (Å²) in [5.41, 5.74) is 6.26. The molecule has 1 aromatic rings. The highest BCUT2D eigenvalue weighted by atomic mass is 32.2. The highest BCUT2D eigenvalue weighted by Gasteiger charge is 2.73. The first-order chi connectivity index (χ1) is 23.1. The van der Waals surface area contributed by atoms with Crippen molar-refractivity contribution in [3.8, 4) is 11.5 Å². The molecule has 7 unspecified atom stereocenters. The maximum atomic E-state index is 14.9. The van der Waals surface area contributed by atoms with Gasteiger partial charge in [-0.1, -0.05) is 24.3 Å². The Labute approximate surface area is 280 Å². The Morgan fingerprint density at radius 3 is 2.60 bits per heavy atom. The molecule has 4 saturated carbocycles. The van der Waals surface area contributed by atoms with Crippen LogP contribution < -0.4 is 19.9 Å². The molecular formula is C35H43N5O7S. The van der Waals surface area contributed by atoms with Crippen molar-refractivity contribution in [1.82, 2.24) is 9.62 Å². The summed E-state index contributed by atoms with van der Waals surface area (Å²) in [4.78, 5) is 30.5. The molecule has 1 amide bonds. The average Bonchev–Trinajstić information content (AvgIpc) is 3.61. The highest BCUT2D eigenvalue weighted by Crippen LogP contribution is 2.69. The van der Waals surface area contributed by atoms with Crippen LogP contribution in [0.5, 0.6) is 11.5 Å². The van der Waals surface area contributed by atoms with Gasteiger partial charge in [0.05, 0.1) is 38.0 Å². The van der Waals surface area contributed by atoms with Crippen LogP contribution in [0.15, 0.2) is 75.8 Å². The molecule has 0 radical (unpaired) electrons. The number of aliphatic carboxylic acids is 1. The van der Waals surface area contributed by atoms with Gasteiger partial charge in [0.15, 0.2) is 0 Å². The molecule has 1 aromatic carbocycles. The van der Waals surface area contributed by atoms with Gasteiger partial charge >= 0.3 is 5.97 Å². The van der Waals surface area contributed by atoms with Gasteiger partial charge in [0.2, 0.25) is 10.0 Å². The minimum atomic E-state index is -3.91. The maximum absolute atomic E-state index is 14.9. The first-order valence-corrected chi connectivity index (χ1v) is 18.4. The second kappa shape index (κ2) is 12.3. The Morgan fingerprint density at radius 1 is 1.17 bits per heavy atom. The fourth-order valence-corrected chi connectivity index (χ4v) is 11.4. The number of nitrogens with one attached hydrogen (secondary N) is 1. The van der Waals surface area contributed by atoms with Gasteiger partial charge in [-0.25, -0.2) is 13.1 Å². The number of rotatable bonds is 11. The van der Waals surface area contributed by atoms with E-state index >= 15 is 0 Å². The number of benzene rings is 1. The summed E-state index contributed by atoms with van der Waals surface area (Å²) in [7, 11) is -0.788. The number of nitrogens with two attached hydrogens (primary N) is 1. The molecule has 4 bridgehead atoms. The summed E-state index contributed by atoms with van der Waals surface area (Å²) in [5, 5.41) is 19.5. The number of carboxylic acid groups (broad SMARTS) is 1. The number of carbonyl (C=O) groups excluding carboxylic acids is 1. The summed E-state index contributed by atoms with van der Waals surface area (Å²) in [5.74, 6) is -2.55. The van der Waals surface area contributed by atoms with E-state index in [1.807, 2.05) is 30.4 Å². The Morgan fingerprint density at radius 2 is 1.94 bits per heavy atom. The topological polar surface area (TPSA) is 173 Å². The third-order valence-corrected chi connectivity index (χ3v) is 12.9.